The van der Waals surface area contributed by atoms with Gasteiger partial charge in [0.05, 0.1) is 0 Å². The molecule has 0 unspecified atom stereocenters. The number of aryl methyl sites for hydroxylation is 1. The van der Waals surface area contributed by atoms with Crippen molar-refractivity contribution in [2.75, 3.05) is 13.1 Å². The van der Waals surface area contributed by atoms with E-state index in [4.69, 9.17) is 5.11 Å². The second kappa shape index (κ2) is 7.71. The molecule has 0 aromatic heterocycles. The predicted molar refractivity (Wildman–Crippen MR) is 79.1 cm³/mol. The molecule has 0 aliphatic carbocycles. The molecule has 118 valence electrons. The number of nitrogens with zero attached hydrogens (tertiary/aromatic N) is 1. The summed E-state index contributed by atoms with van der Waals surface area (Å²) in [6.45, 7) is 1.52. The molecule has 1 aliphatic rings. The van der Waals surface area contributed by atoms with Gasteiger partial charge in [-0.1, -0.05) is 24.3 Å². The minimum atomic E-state index is -2.50. The standard InChI is InChI=1S/C15H19F2NO2.ClH/c16-15(17)7-9-18(10-8-15)11-13-3-1-12(2-4-13)5-6-14(19)20;/h1-4H,5-11H2,(H,19,20);1H. The molecule has 1 N–H and O–H groups in total. The third-order valence-corrected chi connectivity index (χ3v) is 3.64. The van der Waals surface area contributed by atoms with Gasteiger partial charge in [-0.25, -0.2) is 8.78 Å². The van der Waals surface area contributed by atoms with E-state index in [0.717, 1.165) is 11.1 Å². The number of rotatable bonds is 5. The van der Waals surface area contributed by atoms with E-state index in [1.165, 1.54) is 0 Å². The van der Waals surface area contributed by atoms with Crippen LogP contribution >= 0.6 is 12.4 Å². The Morgan fingerprint density at radius 3 is 2.19 bits per heavy atom. The minimum absolute atomic E-state index is 0. The van der Waals surface area contributed by atoms with Crippen molar-refractivity contribution in [2.45, 2.75) is 38.2 Å². The van der Waals surface area contributed by atoms with Crippen LogP contribution in [-0.4, -0.2) is 35.0 Å². The van der Waals surface area contributed by atoms with Crippen molar-refractivity contribution in [1.29, 1.82) is 0 Å². The predicted octanol–water partition coefficient (Wildman–Crippen LogP) is 3.36. The molecule has 1 fully saturated rings. The number of carbonyl (C=O) groups is 1. The molecule has 0 amide bonds. The van der Waals surface area contributed by atoms with Gasteiger partial charge in [0.2, 0.25) is 0 Å². The first-order valence-electron chi connectivity index (χ1n) is 6.84. The van der Waals surface area contributed by atoms with Crippen LogP contribution in [0.25, 0.3) is 0 Å². The number of aliphatic carboxylic acids is 1. The Morgan fingerprint density at radius 1 is 1.14 bits per heavy atom. The van der Waals surface area contributed by atoms with Gasteiger partial charge in [-0.15, -0.1) is 12.4 Å². The van der Waals surface area contributed by atoms with E-state index in [2.05, 4.69) is 0 Å². The van der Waals surface area contributed by atoms with Crippen molar-refractivity contribution < 1.29 is 18.7 Å². The number of alkyl halides is 2. The van der Waals surface area contributed by atoms with E-state index in [9.17, 15) is 13.6 Å². The summed E-state index contributed by atoms with van der Waals surface area (Å²) >= 11 is 0. The van der Waals surface area contributed by atoms with Gasteiger partial charge < -0.3 is 5.11 Å². The maximum Gasteiger partial charge on any atom is 0.303 e. The van der Waals surface area contributed by atoms with Crippen molar-refractivity contribution in [3.8, 4) is 0 Å². The van der Waals surface area contributed by atoms with E-state index < -0.39 is 11.9 Å². The first-order chi connectivity index (χ1) is 9.44. The van der Waals surface area contributed by atoms with Gasteiger partial charge in [-0.3, -0.25) is 9.69 Å². The first-order valence-corrected chi connectivity index (χ1v) is 6.84. The molecule has 1 heterocycles. The second-order valence-electron chi connectivity index (χ2n) is 5.34. The molecular formula is C15H20ClF2NO2. The minimum Gasteiger partial charge on any atom is -0.481 e. The lowest BCUT2D eigenvalue weighted by Gasteiger charge is -2.31. The number of halogens is 3. The lowest BCUT2D eigenvalue weighted by Crippen LogP contribution is -2.38. The molecule has 1 aromatic carbocycles. The molecular weight excluding hydrogens is 300 g/mol. The average Bonchev–Trinajstić information content (AvgIpc) is 2.40. The average molecular weight is 320 g/mol. The number of carboxylic acid groups (broad SMARTS) is 1. The van der Waals surface area contributed by atoms with Gasteiger partial charge in [-0.05, 0) is 17.5 Å². The highest BCUT2D eigenvalue weighted by molar-refractivity contribution is 5.85. The van der Waals surface area contributed by atoms with Gasteiger partial charge in [0.1, 0.15) is 0 Å². The molecule has 0 atom stereocenters. The number of likely N-dealkylation sites (tertiary alicyclic amines) is 1. The monoisotopic (exact) mass is 319 g/mol. The molecule has 2 rings (SSSR count). The molecule has 6 heteroatoms. The third-order valence-electron chi connectivity index (χ3n) is 3.64. The molecule has 0 radical (unpaired) electrons. The third kappa shape index (κ3) is 5.98. The summed E-state index contributed by atoms with van der Waals surface area (Å²) in [6, 6.07) is 7.72. The Bertz CT molecular complexity index is 455. The van der Waals surface area contributed by atoms with Gasteiger partial charge >= 0.3 is 5.97 Å². The van der Waals surface area contributed by atoms with Crippen molar-refractivity contribution in [1.82, 2.24) is 4.90 Å². The fourth-order valence-corrected chi connectivity index (χ4v) is 2.36. The molecule has 1 saturated heterocycles. The number of carboxylic acids is 1. The lowest BCUT2D eigenvalue weighted by atomic mass is 10.0. The van der Waals surface area contributed by atoms with Crippen LogP contribution in [0.2, 0.25) is 0 Å². The second-order valence-corrected chi connectivity index (χ2v) is 5.34. The summed E-state index contributed by atoms with van der Waals surface area (Å²) < 4.78 is 26.1. The summed E-state index contributed by atoms with van der Waals surface area (Å²) in [5.74, 6) is -3.31. The van der Waals surface area contributed by atoms with Crippen molar-refractivity contribution >= 4 is 18.4 Å². The molecule has 0 spiro atoms. The van der Waals surface area contributed by atoms with Crippen LogP contribution in [-0.2, 0) is 17.8 Å². The van der Waals surface area contributed by atoms with E-state index in [1.54, 1.807) is 0 Å². The number of benzene rings is 1. The van der Waals surface area contributed by atoms with Crippen LogP contribution < -0.4 is 0 Å². The van der Waals surface area contributed by atoms with Crippen LogP contribution in [0.4, 0.5) is 8.78 Å². The molecule has 1 aromatic rings. The number of piperidine rings is 1. The van der Waals surface area contributed by atoms with Crippen LogP contribution in [0.1, 0.15) is 30.4 Å². The normalized spacial score (nSPS) is 18.0. The zero-order valence-electron chi connectivity index (χ0n) is 11.7. The summed E-state index contributed by atoms with van der Waals surface area (Å²) in [6.07, 6.45) is 0.513. The highest BCUT2D eigenvalue weighted by Crippen LogP contribution is 2.28. The first kappa shape index (κ1) is 17.9. The topological polar surface area (TPSA) is 40.5 Å². The van der Waals surface area contributed by atoms with E-state index in [0.29, 0.717) is 26.1 Å². The zero-order chi connectivity index (χ0) is 14.6. The van der Waals surface area contributed by atoms with Gasteiger partial charge in [0, 0.05) is 38.9 Å². The Hall–Kier alpha value is -1.20. The van der Waals surface area contributed by atoms with Gasteiger partial charge in [0.15, 0.2) is 0 Å². The molecule has 1 aliphatic heterocycles. The fraction of sp³-hybridized carbons (Fsp3) is 0.533. The Balaban J connectivity index is 0.00000220. The van der Waals surface area contributed by atoms with E-state index >= 15 is 0 Å². The molecule has 0 saturated carbocycles. The zero-order valence-corrected chi connectivity index (χ0v) is 12.5. The summed E-state index contributed by atoms with van der Waals surface area (Å²) in [5.41, 5.74) is 2.07. The SMILES string of the molecule is Cl.O=C(O)CCc1ccc(CN2CCC(F)(F)CC2)cc1. The molecule has 3 nitrogen and oxygen atoms in total. The van der Waals surface area contributed by atoms with Crippen molar-refractivity contribution in [3.63, 3.8) is 0 Å². The summed E-state index contributed by atoms with van der Waals surface area (Å²) in [7, 11) is 0. The highest BCUT2D eigenvalue weighted by Gasteiger charge is 2.33. The quantitative estimate of drug-likeness (QED) is 0.904. The Kier molecular flexibility index (Phi) is 6.55. The van der Waals surface area contributed by atoms with Gasteiger partial charge in [-0.2, -0.15) is 0 Å². The van der Waals surface area contributed by atoms with E-state index in [-0.39, 0.29) is 31.7 Å². The van der Waals surface area contributed by atoms with Crippen LogP contribution in [0, 0.1) is 0 Å². The van der Waals surface area contributed by atoms with Crippen LogP contribution in [0.5, 0.6) is 0 Å². The van der Waals surface area contributed by atoms with Gasteiger partial charge in [0.25, 0.3) is 5.92 Å². The van der Waals surface area contributed by atoms with E-state index in [1.807, 2.05) is 29.2 Å². The summed E-state index contributed by atoms with van der Waals surface area (Å²) in [4.78, 5) is 12.5. The lowest BCUT2D eigenvalue weighted by molar-refractivity contribution is -0.136. The van der Waals surface area contributed by atoms with Crippen molar-refractivity contribution in [2.24, 2.45) is 0 Å². The number of hydrogen-bond acceptors (Lipinski definition) is 2. The molecule has 21 heavy (non-hydrogen) atoms. The maximum absolute atomic E-state index is 13.0. The fourth-order valence-electron chi connectivity index (χ4n) is 2.36. The number of hydrogen-bond donors (Lipinski definition) is 1. The largest absolute Gasteiger partial charge is 0.481 e. The van der Waals surface area contributed by atoms with Crippen LogP contribution in [0.3, 0.4) is 0 Å². The van der Waals surface area contributed by atoms with Crippen molar-refractivity contribution in [3.05, 3.63) is 35.4 Å². The van der Waals surface area contributed by atoms with Crippen LogP contribution in [0.15, 0.2) is 24.3 Å². The Labute approximate surface area is 129 Å². The maximum atomic E-state index is 13.0. The summed E-state index contributed by atoms with van der Waals surface area (Å²) in [5, 5.41) is 8.62. The molecule has 0 bridgehead atoms. The highest BCUT2D eigenvalue weighted by atomic mass is 35.5. The smallest absolute Gasteiger partial charge is 0.303 e. The Morgan fingerprint density at radius 2 is 1.67 bits per heavy atom.